The van der Waals surface area contributed by atoms with Crippen LogP contribution in [0.15, 0.2) is 0 Å². The van der Waals surface area contributed by atoms with E-state index in [0.717, 1.165) is 26.3 Å². The average Bonchev–Trinajstić information content (AvgIpc) is 2.36. The van der Waals surface area contributed by atoms with Crippen molar-refractivity contribution in [3.05, 3.63) is 0 Å². The summed E-state index contributed by atoms with van der Waals surface area (Å²) in [5.74, 6) is 0. The van der Waals surface area contributed by atoms with Gasteiger partial charge in [0.2, 0.25) is 0 Å². The second-order valence-corrected chi connectivity index (χ2v) is 5.90. The SMILES string of the molecule is COCCNCC1(CCOC(C)C)CCCCC1. The zero-order valence-corrected chi connectivity index (χ0v) is 12.5. The minimum absolute atomic E-state index is 0.354. The van der Waals surface area contributed by atoms with E-state index in [0.29, 0.717) is 11.5 Å². The van der Waals surface area contributed by atoms with Gasteiger partial charge in [-0.05, 0) is 38.5 Å². The Kier molecular flexibility index (Phi) is 7.87. The molecule has 0 saturated heterocycles. The van der Waals surface area contributed by atoms with E-state index >= 15 is 0 Å². The molecule has 1 fully saturated rings. The molecule has 0 aliphatic heterocycles. The number of hydrogen-bond acceptors (Lipinski definition) is 3. The molecule has 0 amide bonds. The molecule has 1 rings (SSSR count). The van der Waals surface area contributed by atoms with Crippen LogP contribution >= 0.6 is 0 Å². The third-order valence-electron chi connectivity index (χ3n) is 3.98. The highest BCUT2D eigenvalue weighted by molar-refractivity contribution is 4.85. The smallest absolute Gasteiger partial charge is 0.0587 e. The molecule has 108 valence electrons. The molecule has 0 atom stereocenters. The van der Waals surface area contributed by atoms with E-state index in [1.807, 2.05) is 0 Å². The Balaban J connectivity index is 2.32. The lowest BCUT2D eigenvalue weighted by Gasteiger charge is -2.38. The zero-order valence-electron chi connectivity index (χ0n) is 12.5. The molecule has 3 nitrogen and oxygen atoms in total. The maximum atomic E-state index is 5.74. The van der Waals surface area contributed by atoms with E-state index in [4.69, 9.17) is 9.47 Å². The predicted molar refractivity (Wildman–Crippen MR) is 76.0 cm³/mol. The summed E-state index contributed by atoms with van der Waals surface area (Å²) in [5.41, 5.74) is 0.473. The monoisotopic (exact) mass is 257 g/mol. The lowest BCUT2D eigenvalue weighted by Crippen LogP contribution is -2.38. The van der Waals surface area contributed by atoms with Crippen molar-refractivity contribution in [3.63, 3.8) is 0 Å². The summed E-state index contributed by atoms with van der Waals surface area (Å²) < 4.78 is 10.8. The van der Waals surface area contributed by atoms with Crippen molar-refractivity contribution in [2.75, 3.05) is 33.4 Å². The molecular formula is C15H31NO2. The molecule has 0 bridgehead atoms. The van der Waals surface area contributed by atoms with Crippen LogP contribution in [0.4, 0.5) is 0 Å². The van der Waals surface area contributed by atoms with Crippen molar-refractivity contribution in [2.24, 2.45) is 5.41 Å². The van der Waals surface area contributed by atoms with Crippen LogP contribution < -0.4 is 5.32 Å². The van der Waals surface area contributed by atoms with Crippen LogP contribution in [0.2, 0.25) is 0 Å². The molecule has 1 N–H and O–H groups in total. The summed E-state index contributed by atoms with van der Waals surface area (Å²) in [6, 6.07) is 0. The number of rotatable bonds is 9. The quantitative estimate of drug-likeness (QED) is 0.644. The van der Waals surface area contributed by atoms with Crippen LogP contribution in [-0.2, 0) is 9.47 Å². The molecule has 0 unspecified atom stereocenters. The Morgan fingerprint density at radius 1 is 1.11 bits per heavy atom. The molecule has 1 aliphatic carbocycles. The van der Waals surface area contributed by atoms with Crippen molar-refractivity contribution in [1.82, 2.24) is 5.32 Å². The first-order valence-electron chi connectivity index (χ1n) is 7.50. The molecule has 0 heterocycles. The first-order valence-corrected chi connectivity index (χ1v) is 7.50. The topological polar surface area (TPSA) is 30.5 Å². The van der Waals surface area contributed by atoms with Gasteiger partial charge in [-0.2, -0.15) is 0 Å². The van der Waals surface area contributed by atoms with Crippen LogP contribution in [0.25, 0.3) is 0 Å². The van der Waals surface area contributed by atoms with Crippen LogP contribution in [-0.4, -0.2) is 39.5 Å². The van der Waals surface area contributed by atoms with E-state index in [2.05, 4.69) is 19.2 Å². The van der Waals surface area contributed by atoms with Gasteiger partial charge < -0.3 is 14.8 Å². The Hall–Kier alpha value is -0.120. The molecule has 0 aromatic rings. The zero-order chi connectivity index (χ0) is 13.3. The fraction of sp³-hybridized carbons (Fsp3) is 1.00. The van der Waals surface area contributed by atoms with Gasteiger partial charge in [0.05, 0.1) is 12.7 Å². The van der Waals surface area contributed by atoms with Crippen molar-refractivity contribution in [3.8, 4) is 0 Å². The summed E-state index contributed by atoms with van der Waals surface area (Å²) in [5, 5.41) is 3.55. The van der Waals surface area contributed by atoms with Gasteiger partial charge in [0.25, 0.3) is 0 Å². The van der Waals surface area contributed by atoms with E-state index in [9.17, 15) is 0 Å². The van der Waals surface area contributed by atoms with Crippen LogP contribution in [0.1, 0.15) is 52.4 Å². The van der Waals surface area contributed by atoms with E-state index in [1.54, 1.807) is 7.11 Å². The standard InChI is InChI=1S/C15H31NO2/c1-14(2)18-11-9-15(7-5-4-6-8-15)13-16-10-12-17-3/h14,16H,4-13H2,1-3H3. The van der Waals surface area contributed by atoms with Crippen LogP contribution in [0, 0.1) is 5.41 Å². The number of hydrogen-bond donors (Lipinski definition) is 1. The van der Waals surface area contributed by atoms with Crippen LogP contribution in [0.3, 0.4) is 0 Å². The molecule has 1 aliphatic rings. The Morgan fingerprint density at radius 3 is 2.44 bits per heavy atom. The molecule has 3 heteroatoms. The molecule has 0 aromatic carbocycles. The molecule has 1 saturated carbocycles. The fourth-order valence-electron chi connectivity index (χ4n) is 2.86. The third kappa shape index (κ3) is 6.17. The van der Waals surface area contributed by atoms with Crippen molar-refractivity contribution in [2.45, 2.75) is 58.5 Å². The minimum Gasteiger partial charge on any atom is -0.383 e. The Labute approximate surface area is 113 Å². The van der Waals surface area contributed by atoms with Crippen LogP contribution in [0.5, 0.6) is 0 Å². The maximum absolute atomic E-state index is 5.74. The normalized spacial score (nSPS) is 19.3. The summed E-state index contributed by atoms with van der Waals surface area (Å²) in [7, 11) is 1.76. The number of nitrogens with one attached hydrogen (secondary N) is 1. The number of methoxy groups -OCH3 is 1. The van der Waals surface area contributed by atoms with Crippen molar-refractivity contribution in [1.29, 1.82) is 0 Å². The van der Waals surface area contributed by atoms with Gasteiger partial charge in [-0.1, -0.05) is 19.3 Å². The second kappa shape index (κ2) is 8.89. The Bertz CT molecular complexity index is 201. The highest BCUT2D eigenvalue weighted by Crippen LogP contribution is 2.38. The molecule has 0 aromatic heterocycles. The maximum Gasteiger partial charge on any atom is 0.0587 e. The molecular weight excluding hydrogens is 226 g/mol. The summed E-state index contributed by atoms with van der Waals surface area (Å²) in [4.78, 5) is 0. The van der Waals surface area contributed by atoms with E-state index in [-0.39, 0.29) is 0 Å². The summed E-state index contributed by atoms with van der Waals surface area (Å²) in [6.45, 7) is 8.03. The van der Waals surface area contributed by atoms with Gasteiger partial charge in [-0.3, -0.25) is 0 Å². The highest BCUT2D eigenvalue weighted by atomic mass is 16.5. The van der Waals surface area contributed by atoms with Crippen molar-refractivity contribution >= 4 is 0 Å². The van der Waals surface area contributed by atoms with Gasteiger partial charge in [-0.15, -0.1) is 0 Å². The lowest BCUT2D eigenvalue weighted by molar-refractivity contribution is 0.0383. The van der Waals surface area contributed by atoms with Gasteiger partial charge in [-0.25, -0.2) is 0 Å². The fourth-order valence-corrected chi connectivity index (χ4v) is 2.86. The summed E-state index contributed by atoms with van der Waals surface area (Å²) in [6.07, 6.45) is 8.44. The first kappa shape index (κ1) is 15.9. The van der Waals surface area contributed by atoms with Gasteiger partial charge >= 0.3 is 0 Å². The molecule has 0 radical (unpaired) electrons. The van der Waals surface area contributed by atoms with E-state index < -0.39 is 0 Å². The van der Waals surface area contributed by atoms with Gasteiger partial charge in [0.15, 0.2) is 0 Å². The summed E-state index contributed by atoms with van der Waals surface area (Å²) >= 11 is 0. The predicted octanol–water partition coefficient (Wildman–Crippen LogP) is 2.99. The van der Waals surface area contributed by atoms with E-state index in [1.165, 1.54) is 38.5 Å². The largest absolute Gasteiger partial charge is 0.383 e. The van der Waals surface area contributed by atoms with Gasteiger partial charge in [0.1, 0.15) is 0 Å². The first-order chi connectivity index (χ1) is 8.68. The Morgan fingerprint density at radius 2 is 1.83 bits per heavy atom. The minimum atomic E-state index is 0.354. The molecule has 0 spiro atoms. The van der Waals surface area contributed by atoms with Crippen molar-refractivity contribution < 1.29 is 9.47 Å². The molecule has 18 heavy (non-hydrogen) atoms. The van der Waals surface area contributed by atoms with Gasteiger partial charge in [0, 0.05) is 26.8 Å². The average molecular weight is 257 g/mol. The third-order valence-corrected chi connectivity index (χ3v) is 3.98. The number of ether oxygens (including phenoxy) is 2. The highest BCUT2D eigenvalue weighted by Gasteiger charge is 2.31. The second-order valence-electron chi connectivity index (χ2n) is 5.90. The lowest BCUT2D eigenvalue weighted by atomic mass is 9.72.